The van der Waals surface area contributed by atoms with Crippen LogP contribution in [0.25, 0.3) is 22.2 Å². The summed E-state index contributed by atoms with van der Waals surface area (Å²) in [6, 6.07) is 20.0. The molecule has 0 fully saturated rings. The van der Waals surface area contributed by atoms with E-state index in [1.807, 2.05) is 42.5 Å². The fraction of sp³-hybridized carbons (Fsp3) is 0.182. The summed E-state index contributed by atoms with van der Waals surface area (Å²) >= 11 is 0. The topological polar surface area (TPSA) is 75.9 Å². The maximum absolute atomic E-state index is 10.6. The van der Waals surface area contributed by atoms with Crippen molar-refractivity contribution in [2.45, 2.75) is 6.42 Å². The highest BCUT2D eigenvalue weighted by atomic mass is 16.3. The molecule has 0 amide bonds. The first kappa shape index (κ1) is 17.1. The number of aliphatic hydroxyl groups is 1. The molecular formula is C22H20N4O. The Morgan fingerprint density at radius 3 is 2.63 bits per heavy atom. The molecule has 0 saturated heterocycles. The number of para-hydroxylation sites is 2. The summed E-state index contributed by atoms with van der Waals surface area (Å²) in [5.74, 6) is 0.460. The molecule has 2 N–H and O–H groups in total. The van der Waals surface area contributed by atoms with Crippen LogP contribution in [0.1, 0.15) is 17.8 Å². The highest BCUT2D eigenvalue weighted by Crippen LogP contribution is 2.24. The zero-order valence-corrected chi connectivity index (χ0v) is 14.9. The Kier molecular flexibility index (Phi) is 4.73. The normalized spacial score (nSPS) is 15.9. The summed E-state index contributed by atoms with van der Waals surface area (Å²) in [5, 5.41) is 20.1. The number of aromatic nitrogens is 2. The average molecular weight is 356 g/mol. The zero-order chi connectivity index (χ0) is 18.6. The standard InChI is InChI=1S/C22H20N4O/c23-14-18(22-24-19-8-4-5-9-20(19)25-22)21(27)15-26-12-10-17(11-13-26)16-6-2-1-3-7-16/h1-10,27H,11-13,15H2,(H,24,25)/b21-18-. The van der Waals surface area contributed by atoms with Crippen molar-refractivity contribution in [3.8, 4) is 6.07 Å². The van der Waals surface area contributed by atoms with Crippen LogP contribution in [0.3, 0.4) is 0 Å². The van der Waals surface area contributed by atoms with E-state index in [1.54, 1.807) is 0 Å². The van der Waals surface area contributed by atoms with Crippen LogP contribution in [0.2, 0.25) is 0 Å². The van der Waals surface area contributed by atoms with Crippen molar-refractivity contribution in [1.29, 1.82) is 5.26 Å². The number of nitriles is 1. The van der Waals surface area contributed by atoms with E-state index in [0.29, 0.717) is 12.4 Å². The Bertz CT molecular complexity index is 1020. The number of imidazole rings is 1. The van der Waals surface area contributed by atoms with E-state index in [2.05, 4.69) is 39.1 Å². The van der Waals surface area contributed by atoms with Crippen molar-refractivity contribution in [1.82, 2.24) is 14.9 Å². The molecule has 1 aromatic heterocycles. The van der Waals surface area contributed by atoms with Gasteiger partial charge in [-0.15, -0.1) is 0 Å². The third-order valence-electron chi connectivity index (χ3n) is 4.84. The molecule has 134 valence electrons. The van der Waals surface area contributed by atoms with Gasteiger partial charge in [-0.25, -0.2) is 4.98 Å². The first-order valence-electron chi connectivity index (χ1n) is 8.99. The number of benzene rings is 2. The van der Waals surface area contributed by atoms with E-state index >= 15 is 0 Å². The lowest BCUT2D eigenvalue weighted by Gasteiger charge is -2.26. The van der Waals surface area contributed by atoms with E-state index < -0.39 is 0 Å². The van der Waals surface area contributed by atoms with Crippen LogP contribution >= 0.6 is 0 Å². The molecule has 27 heavy (non-hydrogen) atoms. The predicted octanol–water partition coefficient (Wildman–Crippen LogP) is 4.14. The Hall–Kier alpha value is -3.36. The Labute approximate surface area is 157 Å². The molecule has 5 heteroatoms. The minimum atomic E-state index is 0.0492. The number of allylic oxidation sites excluding steroid dienone is 1. The predicted molar refractivity (Wildman–Crippen MR) is 107 cm³/mol. The van der Waals surface area contributed by atoms with Crippen molar-refractivity contribution in [2.24, 2.45) is 0 Å². The van der Waals surface area contributed by atoms with Gasteiger partial charge in [-0.1, -0.05) is 48.5 Å². The molecule has 5 nitrogen and oxygen atoms in total. The van der Waals surface area contributed by atoms with Crippen LogP contribution in [0.4, 0.5) is 0 Å². The Balaban J connectivity index is 1.51. The van der Waals surface area contributed by atoms with E-state index in [-0.39, 0.29) is 11.3 Å². The molecule has 0 radical (unpaired) electrons. The molecule has 4 rings (SSSR count). The molecule has 3 aromatic rings. The highest BCUT2D eigenvalue weighted by molar-refractivity contribution is 5.82. The van der Waals surface area contributed by atoms with Gasteiger partial charge in [0.15, 0.2) is 5.82 Å². The van der Waals surface area contributed by atoms with Gasteiger partial charge in [-0.3, -0.25) is 4.90 Å². The zero-order valence-electron chi connectivity index (χ0n) is 14.9. The van der Waals surface area contributed by atoms with E-state index in [0.717, 1.165) is 30.5 Å². The molecule has 0 bridgehead atoms. The maximum atomic E-state index is 10.6. The van der Waals surface area contributed by atoms with Gasteiger partial charge in [0.05, 0.1) is 17.6 Å². The summed E-state index contributed by atoms with van der Waals surface area (Å²) in [6.45, 7) is 1.91. The van der Waals surface area contributed by atoms with Crippen molar-refractivity contribution < 1.29 is 5.11 Å². The number of hydrogen-bond acceptors (Lipinski definition) is 4. The lowest BCUT2D eigenvalue weighted by Crippen LogP contribution is -2.30. The lowest BCUT2D eigenvalue weighted by atomic mass is 9.99. The van der Waals surface area contributed by atoms with Crippen LogP contribution in [-0.2, 0) is 0 Å². The Morgan fingerprint density at radius 1 is 1.15 bits per heavy atom. The van der Waals surface area contributed by atoms with Crippen molar-refractivity contribution >= 4 is 22.2 Å². The van der Waals surface area contributed by atoms with Gasteiger partial charge in [-0.2, -0.15) is 5.26 Å². The minimum Gasteiger partial charge on any atom is -0.509 e. The fourth-order valence-electron chi connectivity index (χ4n) is 3.39. The Morgan fingerprint density at radius 2 is 1.93 bits per heavy atom. The number of H-pyrrole nitrogens is 1. The van der Waals surface area contributed by atoms with Gasteiger partial charge in [0.1, 0.15) is 17.4 Å². The molecule has 2 aromatic carbocycles. The van der Waals surface area contributed by atoms with Gasteiger partial charge in [0.2, 0.25) is 0 Å². The smallest absolute Gasteiger partial charge is 0.152 e. The fourth-order valence-corrected chi connectivity index (χ4v) is 3.39. The second-order valence-electron chi connectivity index (χ2n) is 6.62. The van der Waals surface area contributed by atoms with Crippen molar-refractivity contribution in [3.63, 3.8) is 0 Å². The van der Waals surface area contributed by atoms with Gasteiger partial charge >= 0.3 is 0 Å². The molecule has 0 spiro atoms. The SMILES string of the molecule is N#C/C(=C(/O)CN1CC=C(c2ccccc2)CC1)c1nc2ccccc2[nH]1. The molecule has 1 aliphatic heterocycles. The van der Waals surface area contributed by atoms with Crippen molar-refractivity contribution in [3.05, 3.63) is 77.8 Å². The molecule has 2 heterocycles. The van der Waals surface area contributed by atoms with Crippen LogP contribution < -0.4 is 0 Å². The average Bonchev–Trinajstić information content (AvgIpc) is 3.13. The van der Waals surface area contributed by atoms with E-state index in [1.165, 1.54) is 11.1 Å². The van der Waals surface area contributed by atoms with Crippen LogP contribution in [0.15, 0.2) is 66.4 Å². The van der Waals surface area contributed by atoms with Gasteiger partial charge < -0.3 is 10.1 Å². The number of nitrogens with one attached hydrogen (secondary N) is 1. The molecule has 0 unspecified atom stereocenters. The number of nitrogens with zero attached hydrogens (tertiary/aromatic N) is 3. The minimum absolute atomic E-state index is 0.0492. The first-order valence-corrected chi connectivity index (χ1v) is 8.99. The number of rotatable bonds is 4. The van der Waals surface area contributed by atoms with Gasteiger partial charge in [0.25, 0.3) is 0 Å². The number of fused-ring (bicyclic) bond motifs is 1. The molecule has 1 aliphatic rings. The summed E-state index contributed by atoms with van der Waals surface area (Å²) in [6.07, 6.45) is 3.11. The second-order valence-corrected chi connectivity index (χ2v) is 6.62. The number of hydrogen-bond donors (Lipinski definition) is 2. The molecule has 0 aliphatic carbocycles. The summed E-state index contributed by atoms with van der Waals surface area (Å²) in [4.78, 5) is 9.66. The van der Waals surface area contributed by atoms with E-state index in [4.69, 9.17) is 0 Å². The number of aromatic amines is 1. The van der Waals surface area contributed by atoms with Gasteiger partial charge in [0, 0.05) is 13.1 Å². The summed E-state index contributed by atoms with van der Waals surface area (Å²) < 4.78 is 0. The highest BCUT2D eigenvalue weighted by Gasteiger charge is 2.18. The second kappa shape index (κ2) is 7.48. The van der Waals surface area contributed by atoms with Crippen LogP contribution in [-0.4, -0.2) is 39.6 Å². The quantitative estimate of drug-likeness (QED) is 0.544. The third-order valence-corrected chi connectivity index (χ3v) is 4.84. The maximum Gasteiger partial charge on any atom is 0.152 e. The summed E-state index contributed by atoms with van der Waals surface area (Å²) in [5.41, 5.74) is 4.40. The number of aliphatic hydroxyl groups excluding tert-OH is 1. The van der Waals surface area contributed by atoms with Crippen LogP contribution in [0.5, 0.6) is 0 Å². The van der Waals surface area contributed by atoms with Crippen LogP contribution in [0, 0.1) is 11.3 Å². The molecule has 0 atom stereocenters. The largest absolute Gasteiger partial charge is 0.509 e. The monoisotopic (exact) mass is 356 g/mol. The molecular weight excluding hydrogens is 336 g/mol. The molecule has 0 saturated carbocycles. The van der Waals surface area contributed by atoms with Crippen molar-refractivity contribution in [2.75, 3.05) is 19.6 Å². The van der Waals surface area contributed by atoms with Gasteiger partial charge in [-0.05, 0) is 29.7 Å². The van der Waals surface area contributed by atoms with E-state index in [9.17, 15) is 10.4 Å². The summed E-state index contributed by atoms with van der Waals surface area (Å²) in [7, 11) is 0. The lowest BCUT2D eigenvalue weighted by molar-refractivity contribution is 0.270. The first-order chi connectivity index (χ1) is 13.2. The third kappa shape index (κ3) is 3.62.